The van der Waals surface area contributed by atoms with E-state index in [1.165, 1.54) is 17.3 Å². The van der Waals surface area contributed by atoms with Crippen molar-refractivity contribution < 1.29 is 0 Å². The standard InChI is InChI=1S/C15H21BrN2/c1-12(2)5-7-17-8-10-18-9-6-13-3-4-14(16)11-15(13)18/h3-4,6,9,11-12,17H,5,7-8,10H2,1-2H3. The molecule has 18 heavy (non-hydrogen) atoms. The molecule has 0 atom stereocenters. The Bertz CT molecular complexity index is 502. The molecule has 0 aliphatic carbocycles. The van der Waals surface area contributed by atoms with Crippen LogP contribution >= 0.6 is 15.9 Å². The summed E-state index contributed by atoms with van der Waals surface area (Å²) in [5.74, 6) is 0.779. The molecule has 0 saturated heterocycles. The first-order chi connectivity index (χ1) is 8.66. The van der Waals surface area contributed by atoms with Gasteiger partial charge in [-0.1, -0.05) is 35.8 Å². The third-order valence-electron chi connectivity index (χ3n) is 3.16. The van der Waals surface area contributed by atoms with Gasteiger partial charge in [-0.2, -0.15) is 0 Å². The van der Waals surface area contributed by atoms with Gasteiger partial charge in [-0.05, 0) is 42.5 Å². The lowest BCUT2D eigenvalue weighted by molar-refractivity contribution is 0.522. The molecule has 1 aromatic heterocycles. The first-order valence-corrected chi connectivity index (χ1v) is 7.41. The van der Waals surface area contributed by atoms with Crippen LogP contribution in [0.2, 0.25) is 0 Å². The molecular formula is C15H21BrN2. The number of halogens is 1. The summed E-state index contributed by atoms with van der Waals surface area (Å²) in [6.07, 6.45) is 3.42. The van der Waals surface area contributed by atoms with Crippen LogP contribution in [-0.2, 0) is 6.54 Å². The van der Waals surface area contributed by atoms with Crippen LogP contribution in [0, 0.1) is 5.92 Å². The maximum Gasteiger partial charge on any atom is 0.0492 e. The molecule has 1 aromatic carbocycles. The molecule has 0 aliphatic heterocycles. The SMILES string of the molecule is CC(C)CCNCCn1ccc2ccc(Br)cc21. The molecule has 0 fully saturated rings. The molecule has 0 aliphatic rings. The number of benzene rings is 1. The monoisotopic (exact) mass is 308 g/mol. The quantitative estimate of drug-likeness (QED) is 0.797. The fourth-order valence-electron chi connectivity index (χ4n) is 2.07. The van der Waals surface area contributed by atoms with E-state index < -0.39 is 0 Å². The number of fused-ring (bicyclic) bond motifs is 1. The highest BCUT2D eigenvalue weighted by Crippen LogP contribution is 2.20. The molecular weight excluding hydrogens is 288 g/mol. The summed E-state index contributed by atoms with van der Waals surface area (Å²) < 4.78 is 3.45. The lowest BCUT2D eigenvalue weighted by atomic mass is 10.1. The van der Waals surface area contributed by atoms with Crippen molar-refractivity contribution >= 4 is 26.8 Å². The van der Waals surface area contributed by atoms with Crippen molar-refractivity contribution in [1.82, 2.24) is 9.88 Å². The van der Waals surface area contributed by atoms with Crippen LogP contribution in [0.5, 0.6) is 0 Å². The van der Waals surface area contributed by atoms with E-state index in [0.717, 1.165) is 30.0 Å². The van der Waals surface area contributed by atoms with Crippen molar-refractivity contribution in [3.05, 3.63) is 34.9 Å². The third kappa shape index (κ3) is 3.59. The zero-order chi connectivity index (χ0) is 13.0. The van der Waals surface area contributed by atoms with Gasteiger partial charge in [-0.3, -0.25) is 0 Å². The molecule has 0 unspecified atom stereocenters. The van der Waals surface area contributed by atoms with Gasteiger partial charge in [0.15, 0.2) is 0 Å². The Hall–Kier alpha value is -0.800. The Morgan fingerprint density at radius 3 is 2.83 bits per heavy atom. The Morgan fingerprint density at radius 1 is 1.22 bits per heavy atom. The average molecular weight is 309 g/mol. The van der Waals surface area contributed by atoms with Crippen molar-refractivity contribution in [2.75, 3.05) is 13.1 Å². The number of aromatic nitrogens is 1. The van der Waals surface area contributed by atoms with E-state index in [0.29, 0.717) is 0 Å². The number of rotatable bonds is 6. The highest BCUT2D eigenvalue weighted by Gasteiger charge is 2.01. The van der Waals surface area contributed by atoms with Crippen LogP contribution in [0.25, 0.3) is 10.9 Å². The van der Waals surface area contributed by atoms with Gasteiger partial charge in [0.05, 0.1) is 0 Å². The molecule has 1 N–H and O–H groups in total. The Kier molecular flexibility index (Phi) is 4.84. The van der Waals surface area contributed by atoms with Crippen LogP contribution in [0.15, 0.2) is 34.9 Å². The van der Waals surface area contributed by atoms with Gasteiger partial charge in [-0.25, -0.2) is 0 Å². The fraction of sp³-hybridized carbons (Fsp3) is 0.467. The van der Waals surface area contributed by atoms with Gasteiger partial charge in [0, 0.05) is 29.3 Å². The highest BCUT2D eigenvalue weighted by molar-refractivity contribution is 9.10. The Morgan fingerprint density at radius 2 is 2.06 bits per heavy atom. The van der Waals surface area contributed by atoms with E-state index in [9.17, 15) is 0 Å². The summed E-state index contributed by atoms with van der Waals surface area (Å²) in [6, 6.07) is 8.61. The van der Waals surface area contributed by atoms with Crippen LogP contribution in [0.4, 0.5) is 0 Å². The smallest absolute Gasteiger partial charge is 0.0492 e. The van der Waals surface area contributed by atoms with Crippen molar-refractivity contribution in [2.24, 2.45) is 5.92 Å². The average Bonchev–Trinajstić information content (AvgIpc) is 2.71. The molecule has 98 valence electrons. The first-order valence-electron chi connectivity index (χ1n) is 6.62. The normalized spacial score (nSPS) is 11.6. The fourth-order valence-corrected chi connectivity index (χ4v) is 2.42. The van der Waals surface area contributed by atoms with Crippen LogP contribution in [0.1, 0.15) is 20.3 Å². The van der Waals surface area contributed by atoms with Gasteiger partial charge >= 0.3 is 0 Å². The first kappa shape index (κ1) is 13.6. The Balaban J connectivity index is 1.89. The van der Waals surface area contributed by atoms with Gasteiger partial charge in [0.2, 0.25) is 0 Å². The molecule has 2 rings (SSSR count). The molecule has 0 radical (unpaired) electrons. The second-order valence-electron chi connectivity index (χ2n) is 5.14. The maximum absolute atomic E-state index is 3.53. The van der Waals surface area contributed by atoms with Crippen molar-refractivity contribution in [3.8, 4) is 0 Å². The molecule has 2 nitrogen and oxygen atoms in total. The van der Waals surface area contributed by atoms with Crippen molar-refractivity contribution in [1.29, 1.82) is 0 Å². The second-order valence-corrected chi connectivity index (χ2v) is 6.06. The zero-order valence-electron chi connectivity index (χ0n) is 11.1. The predicted molar refractivity (Wildman–Crippen MR) is 82.0 cm³/mol. The summed E-state index contributed by atoms with van der Waals surface area (Å²) in [7, 11) is 0. The lowest BCUT2D eigenvalue weighted by Gasteiger charge is -2.09. The van der Waals surface area contributed by atoms with E-state index in [1.54, 1.807) is 0 Å². The van der Waals surface area contributed by atoms with Gasteiger partial charge < -0.3 is 9.88 Å². The van der Waals surface area contributed by atoms with E-state index >= 15 is 0 Å². The molecule has 0 spiro atoms. The minimum Gasteiger partial charge on any atom is -0.346 e. The van der Waals surface area contributed by atoms with Gasteiger partial charge in [0.25, 0.3) is 0 Å². The van der Waals surface area contributed by atoms with Crippen molar-refractivity contribution in [3.63, 3.8) is 0 Å². The molecule has 3 heteroatoms. The van der Waals surface area contributed by atoms with Gasteiger partial charge in [-0.15, -0.1) is 0 Å². The Labute approximate surface area is 118 Å². The predicted octanol–water partition coefficient (Wildman–Crippen LogP) is 4.04. The minimum absolute atomic E-state index is 0.779. The largest absolute Gasteiger partial charge is 0.346 e. The zero-order valence-corrected chi connectivity index (χ0v) is 12.7. The summed E-state index contributed by atoms with van der Waals surface area (Å²) in [5.41, 5.74) is 1.30. The number of nitrogens with zero attached hydrogens (tertiary/aromatic N) is 1. The van der Waals surface area contributed by atoms with Gasteiger partial charge in [0.1, 0.15) is 0 Å². The molecule has 0 bridgehead atoms. The van der Waals surface area contributed by atoms with E-state index in [4.69, 9.17) is 0 Å². The molecule has 0 saturated carbocycles. The van der Waals surface area contributed by atoms with E-state index in [-0.39, 0.29) is 0 Å². The molecule has 1 heterocycles. The number of hydrogen-bond donors (Lipinski definition) is 1. The van der Waals surface area contributed by atoms with Crippen LogP contribution < -0.4 is 5.32 Å². The summed E-state index contributed by atoms with van der Waals surface area (Å²) >= 11 is 3.53. The van der Waals surface area contributed by atoms with Crippen molar-refractivity contribution in [2.45, 2.75) is 26.8 Å². The van der Waals surface area contributed by atoms with Crippen LogP contribution in [0.3, 0.4) is 0 Å². The maximum atomic E-state index is 3.53. The molecule has 0 amide bonds. The topological polar surface area (TPSA) is 17.0 Å². The minimum atomic E-state index is 0.779. The number of nitrogens with one attached hydrogen (secondary N) is 1. The summed E-state index contributed by atoms with van der Waals surface area (Å²) in [6.45, 7) is 7.69. The third-order valence-corrected chi connectivity index (χ3v) is 3.66. The highest BCUT2D eigenvalue weighted by atomic mass is 79.9. The van der Waals surface area contributed by atoms with E-state index in [1.807, 2.05) is 0 Å². The summed E-state index contributed by atoms with van der Waals surface area (Å²) in [5, 5.41) is 4.81. The molecule has 2 aromatic rings. The lowest BCUT2D eigenvalue weighted by Crippen LogP contribution is -2.21. The van der Waals surface area contributed by atoms with Crippen LogP contribution in [-0.4, -0.2) is 17.7 Å². The summed E-state index contributed by atoms with van der Waals surface area (Å²) in [4.78, 5) is 0. The second kappa shape index (κ2) is 6.39. The number of hydrogen-bond acceptors (Lipinski definition) is 1. The van der Waals surface area contributed by atoms with E-state index in [2.05, 4.69) is 70.1 Å².